The highest BCUT2D eigenvalue weighted by molar-refractivity contribution is 7.90. The second kappa shape index (κ2) is 10.3. The van der Waals surface area contributed by atoms with Gasteiger partial charge in [0.2, 0.25) is 15.0 Å². The minimum Gasteiger partial charge on any atom is -0.330 e. The number of nitrogens with zero attached hydrogens (tertiary/aromatic N) is 3. The molecule has 37 heavy (non-hydrogen) atoms. The molecule has 0 N–H and O–H groups in total. The maximum absolute atomic E-state index is 13.8. The van der Waals surface area contributed by atoms with Crippen LogP contribution in [0.3, 0.4) is 0 Å². The largest absolute Gasteiger partial charge is 0.330 e. The van der Waals surface area contributed by atoms with Gasteiger partial charge in [-0.05, 0) is 54.3 Å². The van der Waals surface area contributed by atoms with Crippen molar-refractivity contribution in [1.29, 1.82) is 0 Å². The van der Waals surface area contributed by atoms with Crippen LogP contribution in [0.1, 0.15) is 40.0 Å². The van der Waals surface area contributed by atoms with E-state index in [0.717, 1.165) is 18.4 Å². The third kappa shape index (κ3) is 5.77. The zero-order chi connectivity index (χ0) is 26.0. The second-order valence-corrected chi connectivity index (χ2v) is 11.0. The molecule has 9 heteroatoms. The first-order valence-corrected chi connectivity index (χ1v) is 13.6. The molecule has 0 saturated heterocycles. The third-order valence-corrected chi connectivity index (χ3v) is 7.88. The lowest BCUT2D eigenvalue weighted by atomic mass is 10.2. The number of rotatable bonds is 9. The van der Waals surface area contributed by atoms with Crippen LogP contribution < -0.4 is 0 Å². The lowest BCUT2D eigenvalue weighted by Gasteiger charge is -2.23. The first-order valence-electron chi connectivity index (χ1n) is 11.9. The molecule has 0 bridgehead atoms. The minimum atomic E-state index is -3.90. The Balaban J connectivity index is 1.50. The van der Waals surface area contributed by atoms with Gasteiger partial charge in [0.15, 0.2) is 0 Å². The van der Waals surface area contributed by atoms with Crippen LogP contribution in [0, 0.1) is 11.6 Å². The molecule has 1 amide bonds. The van der Waals surface area contributed by atoms with Gasteiger partial charge in [-0.15, -0.1) is 0 Å². The monoisotopic (exact) mass is 521 g/mol. The van der Waals surface area contributed by atoms with E-state index in [2.05, 4.69) is 4.98 Å². The Bertz CT molecular complexity index is 1520. The maximum Gasteiger partial charge on any atom is 0.254 e. The Morgan fingerprint density at radius 1 is 0.919 bits per heavy atom. The number of halogens is 2. The summed E-state index contributed by atoms with van der Waals surface area (Å²) in [5, 5.41) is -0.121. The highest BCUT2D eigenvalue weighted by Crippen LogP contribution is 2.31. The third-order valence-electron chi connectivity index (χ3n) is 6.29. The van der Waals surface area contributed by atoms with Crippen molar-refractivity contribution < 1.29 is 22.0 Å². The predicted molar refractivity (Wildman–Crippen MR) is 134 cm³/mol. The van der Waals surface area contributed by atoms with E-state index in [1.807, 2.05) is 30.3 Å². The smallest absolute Gasteiger partial charge is 0.254 e. The van der Waals surface area contributed by atoms with Crippen molar-refractivity contribution in [1.82, 2.24) is 14.5 Å². The van der Waals surface area contributed by atoms with Gasteiger partial charge in [-0.2, -0.15) is 0 Å². The Labute approximate surface area is 214 Å². The highest BCUT2D eigenvalue weighted by atomic mass is 32.2. The van der Waals surface area contributed by atoms with Crippen molar-refractivity contribution in [3.05, 3.63) is 119 Å². The van der Waals surface area contributed by atoms with Gasteiger partial charge in [0.1, 0.15) is 11.6 Å². The van der Waals surface area contributed by atoms with E-state index < -0.39 is 21.5 Å². The molecule has 4 aromatic rings. The average Bonchev–Trinajstić information content (AvgIpc) is 3.65. The van der Waals surface area contributed by atoms with Gasteiger partial charge in [0.25, 0.3) is 5.91 Å². The van der Waals surface area contributed by atoms with E-state index in [9.17, 15) is 22.0 Å². The molecule has 1 aliphatic carbocycles. The number of sulfone groups is 1. The molecule has 0 aliphatic heterocycles. The SMILES string of the molecule is O=C(c1cccc(F)c1)N(Cc1cnc(S(=O)(=O)Cc2ccc(F)cc2)n1Cc1ccccc1)C1CC1. The quantitative estimate of drug-likeness (QED) is 0.311. The van der Waals surface area contributed by atoms with Crippen molar-refractivity contribution in [3.8, 4) is 0 Å². The van der Waals surface area contributed by atoms with Crippen molar-refractivity contribution in [2.75, 3.05) is 0 Å². The molecule has 3 aromatic carbocycles. The first-order chi connectivity index (χ1) is 17.8. The molecular formula is C28H25F2N3O3S. The minimum absolute atomic E-state index is 0.00452. The Kier molecular flexibility index (Phi) is 6.88. The first kappa shape index (κ1) is 24.8. The van der Waals surface area contributed by atoms with Gasteiger partial charge in [-0.25, -0.2) is 22.2 Å². The number of hydrogen-bond donors (Lipinski definition) is 0. The molecule has 190 valence electrons. The fraction of sp³-hybridized carbons (Fsp3) is 0.214. The zero-order valence-corrected chi connectivity index (χ0v) is 20.7. The number of imidazole rings is 1. The van der Waals surface area contributed by atoms with Crippen LogP contribution in [0.25, 0.3) is 0 Å². The molecule has 1 heterocycles. The highest BCUT2D eigenvalue weighted by Gasteiger charge is 2.35. The number of benzene rings is 3. The summed E-state index contributed by atoms with van der Waals surface area (Å²) in [4.78, 5) is 19.2. The molecule has 1 aromatic heterocycles. The van der Waals surface area contributed by atoms with Gasteiger partial charge in [-0.1, -0.05) is 48.5 Å². The van der Waals surface area contributed by atoms with Crippen LogP contribution in [0.2, 0.25) is 0 Å². The lowest BCUT2D eigenvalue weighted by molar-refractivity contribution is 0.0725. The van der Waals surface area contributed by atoms with Crippen LogP contribution in [-0.2, 0) is 28.7 Å². The van der Waals surface area contributed by atoms with E-state index in [-0.39, 0.29) is 41.5 Å². The van der Waals surface area contributed by atoms with E-state index in [0.29, 0.717) is 11.3 Å². The number of hydrogen-bond acceptors (Lipinski definition) is 4. The van der Waals surface area contributed by atoms with Gasteiger partial charge >= 0.3 is 0 Å². The number of carbonyl (C=O) groups is 1. The van der Waals surface area contributed by atoms with Gasteiger partial charge in [-0.3, -0.25) is 4.79 Å². The normalized spacial score (nSPS) is 13.5. The van der Waals surface area contributed by atoms with Crippen LogP contribution >= 0.6 is 0 Å². The molecule has 1 saturated carbocycles. The Morgan fingerprint density at radius 3 is 2.32 bits per heavy atom. The summed E-state index contributed by atoms with van der Waals surface area (Å²) in [7, 11) is -3.90. The summed E-state index contributed by atoms with van der Waals surface area (Å²) in [6.45, 7) is 0.368. The number of amides is 1. The van der Waals surface area contributed by atoms with Crippen molar-refractivity contribution >= 4 is 15.7 Å². The number of carbonyl (C=O) groups excluding carboxylic acids is 1. The van der Waals surface area contributed by atoms with E-state index in [1.165, 1.54) is 48.7 Å². The molecule has 0 atom stereocenters. The van der Waals surface area contributed by atoms with Crippen LogP contribution in [0.5, 0.6) is 0 Å². The average molecular weight is 522 g/mol. The Hall–Kier alpha value is -3.85. The van der Waals surface area contributed by atoms with Crippen molar-refractivity contribution in [2.45, 2.75) is 42.9 Å². The second-order valence-electron chi connectivity index (χ2n) is 9.16. The van der Waals surface area contributed by atoms with Gasteiger partial charge in [0.05, 0.1) is 30.7 Å². The van der Waals surface area contributed by atoms with Gasteiger partial charge in [0, 0.05) is 11.6 Å². The van der Waals surface area contributed by atoms with Crippen LogP contribution in [-0.4, -0.2) is 34.8 Å². The summed E-state index contributed by atoms with van der Waals surface area (Å²) < 4.78 is 55.6. The standard InChI is InChI=1S/C28H25F2N3O3S/c29-23-11-9-21(10-12-23)19-37(35,36)28-31-16-26(33(28)17-20-5-2-1-3-6-20)18-32(25-13-14-25)27(34)22-7-4-8-24(30)15-22/h1-12,15-16,25H,13-14,17-19H2. The van der Waals surface area contributed by atoms with Crippen LogP contribution in [0.4, 0.5) is 8.78 Å². The van der Waals surface area contributed by atoms with Crippen molar-refractivity contribution in [3.63, 3.8) is 0 Å². The summed E-state index contributed by atoms with van der Waals surface area (Å²) in [5.41, 5.74) is 2.11. The topological polar surface area (TPSA) is 72.3 Å². The summed E-state index contributed by atoms with van der Waals surface area (Å²) in [6.07, 6.45) is 3.13. The zero-order valence-electron chi connectivity index (χ0n) is 19.9. The molecule has 6 nitrogen and oxygen atoms in total. The molecular weight excluding hydrogens is 496 g/mol. The molecule has 5 rings (SSSR count). The van der Waals surface area contributed by atoms with E-state index >= 15 is 0 Å². The lowest BCUT2D eigenvalue weighted by Crippen LogP contribution is -2.33. The molecule has 1 fully saturated rings. The molecule has 1 aliphatic rings. The molecule has 0 spiro atoms. The maximum atomic E-state index is 13.8. The number of aromatic nitrogens is 2. The predicted octanol–water partition coefficient (Wildman–Crippen LogP) is 4.99. The summed E-state index contributed by atoms with van der Waals surface area (Å²) in [6, 6.07) is 20.2. The van der Waals surface area contributed by atoms with Gasteiger partial charge < -0.3 is 9.47 Å². The summed E-state index contributed by atoms with van der Waals surface area (Å²) in [5.74, 6) is -1.60. The van der Waals surface area contributed by atoms with E-state index in [4.69, 9.17) is 0 Å². The van der Waals surface area contributed by atoms with Crippen LogP contribution in [0.15, 0.2) is 90.2 Å². The molecule has 0 radical (unpaired) electrons. The van der Waals surface area contributed by atoms with E-state index in [1.54, 1.807) is 15.5 Å². The fourth-order valence-corrected chi connectivity index (χ4v) is 5.77. The fourth-order valence-electron chi connectivity index (χ4n) is 4.28. The summed E-state index contributed by atoms with van der Waals surface area (Å²) >= 11 is 0. The Morgan fingerprint density at radius 2 is 1.65 bits per heavy atom. The molecule has 0 unspecified atom stereocenters. The van der Waals surface area contributed by atoms with Crippen molar-refractivity contribution in [2.24, 2.45) is 0 Å².